The molecule has 0 fully saturated rings. The van der Waals surface area contributed by atoms with Crippen molar-refractivity contribution >= 4 is 23.3 Å². The van der Waals surface area contributed by atoms with E-state index in [1.54, 1.807) is 0 Å². The molecule has 0 saturated carbocycles. The Morgan fingerprint density at radius 1 is 0.923 bits per heavy atom. The molecule has 1 aromatic carbocycles. The van der Waals surface area contributed by atoms with Crippen LogP contribution in [0.4, 0.5) is 11.4 Å². The SMILES string of the molecule is O=C(O)[C@H](CO[N+](=O)[O-])Nc1ccccc1N[C@@H](CO[N+](=O)[O-])C(=O)O. The van der Waals surface area contributed by atoms with Crippen molar-refractivity contribution in [3.05, 3.63) is 44.5 Å². The molecule has 2 atom stereocenters. The second-order valence-electron chi connectivity index (χ2n) is 4.65. The molecule has 0 unspecified atom stereocenters. The van der Waals surface area contributed by atoms with Crippen LogP contribution in [-0.4, -0.2) is 57.6 Å². The minimum absolute atomic E-state index is 0.0826. The lowest BCUT2D eigenvalue weighted by Crippen LogP contribution is -2.37. The monoisotopic (exact) mass is 374 g/mol. The fraction of sp³-hybridized carbons (Fsp3) is 0.333. The molecular formula is C12H14N4O10. The van der Waals surface area contributed by atoms with Crippen LogP contribution in [0.5, 0.6) is 0 Å². The van der Waals surface area contributed by atoms with Gasteiger partial charge in [-0.2, -0.15) is 0 Å². The average Bonchev–Trinajstić information content (AvgIpc) is 2.55. The zero-order valence-electron chi connectivity index (χ0n) is 12.9. The van der Waals surface area contributed by atoms with Gasteiger partial charge in [0.1, 0.15) is 25.3 Å². The molecule has 14 nitrogen and oxygen atoms in total. The first-order valence-corrected chi connectivity index (χ1v) is 6.83. The summed E-state index contributed by atoms with van der Waals surface area (Å²) in [5, 5.41) is 41.2. The normalized spacial score (nSPS) is 12.3. The van der Waals surface area contributed by atoms with E-state index in [1.165, 1.54) is 24.3 Å². The van der Waals surface area contributed by atoms with Crippen LogP contribution in [0, 0.1) is 20.2 Å². The van der Waals surface area contributed by atoms with Crippen molar-refractivity contribution in [1.82, 2.24) is 0 Å². The van der Waals surface area contributed by atoms with Crippen LogP contribution in [0.3, 0.4) is 0 Å². The Labute approximate surface area is 144 Å². The van der Waals surface area contributed by atoms with Gasteiger partial charge >= 0.3 is 11.9 Å². The van der Waals surface area contributed by atoms with E-state index in [2.05, 4.69) is 20.3 Å². The first kappa shape index (κ1) is 20.2. The van der Waals surface area contributed by atoms with Gasteiger partial charge in [-0.05, 0) is 12.1 Å². The fourth-order valence-electron chi connectivity index (χ4n) is 1.73. The first-order valence-electron chi connectivity index (χ1n) is 6.83. The molecule has 26 heavy (non-hydrogen) atoms. The van der Waals surface area contributed by atoms with Crippen LogP contribution in [0.15, 0.2) is 24.3 Å². The molecule has 0 amide bonds. The molecule has 142 valence electrons. The zero-order valence-corrected chi connectivity index (χ0v) is 12.9. The van der Waals surface area contributed by atoms with Crippen LogP contribution in [-0.2, 0) is 19.3 Å². The molecule has 0 aliphatic heterocycles. The number of nitrogens with one attached hydrogen (secondary N) is 2. The van der Waals surface area contributed by atoms with Crippen molar-refractivity contribution < 1.29 is 39.7 Å². The van der Waals surface area contributed by atoms with E-state index in [0.29, 0.717) is 0 Å². The summed E-state index contributed by atoms with van der Waals surface area (Å²) >= 11 is 0. The molecular weight excluding hydrogens is 360 g/mol. The summed E-state index contributed by atoms with van der Waals surface area (Å²) in [7, 11) is 0. The Balaban J connectivity index is 2.93. The predicted octanol–water partition coefficient (Wildman–Crippen LogP) is -0.167. The van der Waals surface area contributed by atoms with Crippen LogP contribution in [0.25, 0.3) is 0 Å². The topological polar surface area (TPSA) is 203 Å². The highest BCUT2D eigenvalue weighted by molar-refractivity contribution is 5.83. The van der Waals surface area contributed by atoms with Gasteiger partial charge in [0.2, 0.25) is 0 Å². The van der Waals surface area contributed by atoms with E-state index in [4.69, 9.17) is 10.2 Å². The number of aliphatic carboxylic acids is 2. The van der Waals surface area contributed by atoms with E-state index >= 15 is 0 Å². The molecule has 1 rings (SSSR count). The van der Waals surface area contributed by atoms with Crippen LogP contribution < -0.4 is 10.6 Å². The number of rotatable bonds is 12. The second-order valence-corrected chi connectivity index (χ2v) is 4.65. The summed E-state index contributed by atoms with van der Waals surface area (Å²) in [5.74, 6) is -2.90. The quantitative estimate of drug-likeness (QED) is 0.278. The lowest BCUT2D eigenvalue weighted by molar-refractivity contribution is -0.757. The third kappa shape index (κ3) is 6.73. The number of para-hydroxylation sites is 2. The van der Waals surface area contributed by atoms with Crippen molar-refractivity contribution in [1.29, 1.82) is 0 Å². The molecule has 1 aromatic rings. The third-order valence-corrected chi connectivity index (χ3v) is 2.88. The van der Waals surface area contributed by atoms with Crippen molar-refractivity contribution in [2.24, 2.45) is 0 Å². The minimum atomic E-state index is -1.51. The van der Waals surface area contributed by atoms with Crippen molar-refractivity contribution in [2.75, 3.05) is 23.8 Å². The number of nitrogens with zero attached hydrogens (tertiary/aromatic N) is 2. The molecule has 14 heteroatoms. The molecule has 0 spiro atoms. The maximum absolute atomic E-state index is 11.2. The average molecular weight is 374 g/mol. The van der Waals surface area contributed by atoms with Gasteiger partial charge in [-0.1, -0.05) is 12.1 Å². The van der Waals surface area contributed by atoms with Gasteiger partial charge < -0.3 is 30.5 Å². The third-order valence-electron chi connectivity index (χ3n) is 2.88. The predicted molar refractivity (Wildman–Crippen MR) is 82.4 cm³/mol. The highest BCUT2D eigenvalue weighted by Crippen LogP contribution is 2.23. The summed E-state index contributed by atoms with van der Waals surface area (Å²) in [6.45, 7) is -1.60. The van der Waals surface area contributed by atoms with E-state index in [9.17, 15) is 29.8 Å². The number of carboxylic acid groups (broad SMARTS) is 2. The summed E-state index contributed by atoms with van der Waals surface area (Å²) in [4.78, 5) is 50.8. The number of carbonyl (C=O) groups is 2. The summed E-state index contributed by atoms with van der Waals surface area (Å²) < 4.78 is 0. The van der Waals surface area contributed by atoms with Gasteiger partial charge in [0, 0.05) is 0 Å². The molecule has 0 saturated heterocycles. The standard InChI is InChI=1S/C12H14N4O10/c17-11(18)9(5-25-15(21)22)13-7-3-1-2-4-8(7)14-10(12(19)20)6-26-16(23)24/h1-4,9-10,13-14H,5-6H2,(H,17,18)(H,19,20)/t9-,10-/m0/s1. The number of hydrogen-bond donors (Lipinski definition) is 4. The number of carboxylic acids is 2. The van der Waals surface area contributed by atoms with E-state index in [1.807, 2.05) is 0 Å². The molecule has 0 bridgehead atoms. The van der Waals surface area contributed by atoms with Gasteiger partial charge in [0.25, 0.3) is 10.2 Å². The lowest BCUT2D eigenvalue weighted by Gasteiger charge is -2.20. The van der Waals surface area contributed by atoms with Crippen LogP contribution >= 0.6 is 0 Å². The van der Waals surface area contributed by atoms with Crippen molar-refractivity contribution in [3.8, 4) is 0 Å². The Bertz CT molecular complexity index is 625. The Kier molecular flexibility index (Phi) is 7.35. The molecule has 0 radical (unpaired) electrons. The maximum Gasteiger partial charge on any atom is 0.328 e. The molecule has 0 aromatic heterocycles. The zero-order chi connectivity index (χ0) is 19.7. The fourth-order valence-corrected chi connectivity index (χ4v) is 1.73. The van der Waals surface area contributed by atoms with E-state index in [-0.39, 0.29) is 11.4 Å². The first-order chi connectivity index (χ1) is 12.2. The summed E-state index contributed by atoms with van der Waals surface area (Å²) in [6, 6.07) is 2.70. The number of anilines is 2. The molecule has 0 aliphatic carbocycles. The minimum Gasteiger partial charge on any atom is -0.480 e. The summed E-state index contributed by atoms with van der Waals surface area (Å²) in [6.07, 6.45) is 0. The Hall–Kier alpha value is -3.84. The largest absolute Gasteiger partial charge is 0.480 e. The van der Waals surface area contributed by atoms with Gasteiger partial charge in [0.15, 0.2) is 0 Å². The smallest absolute Gasteiger partial charge is 0.328 e. The van der Waals surface area contributed by atoms with Gasteiger partial charge in [-0.15, -0.1) is 20.2 Å². The van der Waals surface area contributed by atoms with Gasteiger partial charge in [0.05, 0.1) is 11.4 Å². The van der Waals surface area contributed by atoms with Crippen molar-refractivity contribution in [2.45, 2.75) is 12.1 Å². The second kappa shape index (κ2) is 9.45. The van der Waals surface area contributed by atoms with Crippen LogP contribution in [0.1, 0.15) is 0 Å². The Morgan fingerprint density at radius 2 is 1.27 bits per heavy atom. The van der Waals surface area contributed by atoms with E-state index < -0.39 is 47.4 Å². The maximum atomic E-state index is 11.2. The number of hydrogen-bond acceptors (Lipinski definition) is 10. The summed E-state index contributed by atoms with van der Waals surface area (Å²) in [5.41, 5.74) is 0.165. The van der Waals surface area contributed by atoms with Crippen LogP contribution in [0.2, 0.25) is 0 Å². The number of benzene rings is 1. The van der Waals surface area contributed by atoms with Gasteiger partial charge in [-0.3, -0.25) is 0 Å². The molecule has 0 heterocycles. The van der Waals surface area contributed by atoms with Crippen molar-refractivity contribution in [3.63, 3.8) is 0 Å². The highest BCUT2D eigenvalue weighted by atomic mass is 17.0. The molecule has 0 aliphatic rings. The highest BCUT2D eigenvalue weighted by Gasteiger charge is 2.23. The van der Waals surface area contributed by atoms with Gasteiger partial charge in [-0.25, -0.2) is 9.59 Å². The molecule has 4 N–H and O–H groups in total. The Morgan fingerprint density at radius 3 is 1.54 bits per heavy atom. The van der Waals surface area contributed by atoms with E-state index in [0.717, 1.165) is 0 Å². The lowest BCUT2D eigenvalue weighted by atomic mass is 10.2.